The van der Waals surface area contributed by atoms with Crippen molar-refractivity contribution in [2.24, 2.45) is 5.73 Å². The summed E-state index contributed by atoms with van der Waals surface area (Å²) in [6.45, 7) is 6.52. The number of aromatic amines is 1. The molecular formula is C23H32N4O4. The van der Waals surface area contributed by atoms with E-state index < -0.39 is 0 Å². The molecule has 3 rings (SSSR count). The Hall–Kier alpha value is -3.23. The number of benzene rings is 1. The quantitative estimate of drug-likeness (QED) is 0.464. The lowest BCUT2D eigenvalue weighted by Gasteiger charge is -2.30. The Labute approximate surface area is 182 Å². The molecular weight excluding hydrogens is 396 g/mol. The second-order valence-corrected chi connectivity index (χ2v) is 7.17. The molecule has 8 nitrogen and oxygen atoms in total. The summed E-state index contributed by atoms with van der Waals surface area (Å²) in [5, 5.41) is 12.3. The van der Waals surface area contributed by atoms with Crippen LogP contribution in [0.2, 0.25) is 0 Å². The fourth-order valence-corrected chi connectivity index (χ4v) is 3.54. The number of likely N-dealkylation sites (N-methyl/N-ethyl adjacent to an activating group) is 1. The highest BCUT2D eigenvalue weighted by molar-refractivity contribution is 5.86. The zero-order valence-corrected chi connectivity index (χ0v) is 18.3. The normalized spacial score (nSPS) is 18.6. The minimum atomic E-state index is -0.144. The molecule has 1 aromatic carbocycles. The summed E-state index contributed by atoms with van der Waals surface area (Å²) in [4.78, 5) is 13.2. The molecule has 2 heterocycles. The molecule has 1 unspecified atom stereocenters. The van der Waals surface area contributed by atoms with Crippen LogP contribution >= 0.6 is 0 Å². The zero-order valence-electron chi connectivity index (χ0n) is 18.3. The molecule has 1 aliphatic heterocycles. The van der Waals surface area contributed by atoms with E-state index in [9.17, 15) is 9.90 Å². The van der Waals surface area contributed by atoms with Crippen molar-refractivity contribution in [2.75, 3.05) is 33.1 Å². The van der Waals surface area contributed by atoms with Gasteiger partial charge in [-0.05, 0) is 43.2 Å². The number of aromatic hydroxyl groups is 1. The molecule has 1 fully saturated rings. The largest absolute Gasteiger partial charge is 0.507 e. The van der Waals surface area contributed by atoms with E-state index in [1.54, 1.807) is 38.4 Å². The van der Waals surface area contributed by atoms with Crippen LogP contribution in [0.5, 0.6) is 5.75 Å². The van der Waals surface area contributed by atoms with Crippen molar-refractivity contribution in [1.82, 2.24) is 10.3 Å². The van der Waals surface area contributed by atoms with Crippen molar-refractivity contribution in [3.8, 4) is 5.75 Å². The van der Waals surface area contributed by atoms with Crippen LogP contribution in [-0.2, 0) is 14.3 Å². The minimum Gasteiger partial charge on any atom is -0.507 e. The van der Waals surface area contributed by atoms with Gasteiger partial charge in [-0.15, -0.1) is 0 Å². The Morgan fingerprint density at radius 1 is 1.42 bits per heavy atom. The summed E-state index contributed by atoms with van der Waals surface area (Å²) in [6.07, 6.45) is 3.90. The standard InChI is InChI=1S/C19H25N3O3.C4H7NO/c1-11-14(9-15(20)12-5-3-4-6-16(12)23)19(21)22-18(11)13-7-8-25-10-17(13)24-2;1-3-4(6)5-2/h3-6,9,13,17,22-23H,7-8,10,20-21H2,1-2H3;3H,1H2,2H3,(H,5,6)/b15-9-;/t13-,17?;/m0./s1. The summed E-state index contributed by atoms with van der Waals surface area (Å²) in [5.74, 6) is 0.767. The number of nitrogens with one attached hydrogen (secondary N) is 2. The fourth-order valence-electron chi connectivity index (χ4n) is 3.54. The van der Waals surface area contributed by atoms with Gasteiger partial charge in [0.2, 0.25) is 5.91 Å². The van der Waals surface area contributed by atoms with Gasteiger partial charge < -0.3 is 36.3 Å². The first kappa shape index (κ1) is 24.0. The first-order valence-corrected chi connectivity index (χ1v) is 10.0. The Kier molecular flexibility index (Phi) is 8.72. The summed E-state index contributed by atoms with van der Waals surface area (Å²) in [5.41, 5.74) is 16.4. The third kappa shape index (κ3) is 5.90. The van der Waals surface area contributed by atoms with Crippen LogP contribution in [0, 0.1) is 6.92 Å². The smallest absolute Gasteiger partial charge is 0.243 e. The number of H-pyrrole nitrogens is 1. The third-order valence-corrected chi connectivity index (χ3v) is 5.29. The van der Waals surface area contributed by atoms with Crippen LogP contribution in [0.4, 0.5) is 5.82 Å². The lowest BCUT2D eigenvalue weighted by Crippen LogP contribution is -2.32. The van der Waals surface area contributed by atoms with Crippen molar-refractivity contribution >= 4 is 23.5 Å². The van der Waals surface area contributed by atoms with Crippen LogP contribution in [0.3, 0.4) is 0 Å². The first-order chi connectivity index (χ1) is 14.8. The average Bonchev–Trinajstić information content (AvgIpc) is 3.07. The van der Waals surface area contributed by atoms with Gasteiger partial charge in [-0.2, -0.15) is 0 Å². The summed E-state index contributed by atoms with van der Waals surface area (Å²) in [7, 11) is 3.26. The van der Waals surface area contributed by atoms with E-state index in [2.05, 4.69) is 16.9 Å². The zero-order chi connectivity index (χ0) is 23.0. The Bertz CT molecular complexity index is 936. The maximum absolute atomic E-state index is 9.98. The van der Waals surface area contributed by atoms with Crippen molar-refractivity contribution in [1.29, 1.82) is 0 Å². The van der Waals surface area contributed by atoms with Crippen LogP contribution in [-0.4, -0.2) is 49.5 Å². The van der Waals surface area contributed by atoms with E-state index in [0.29, 0.717) is 30.3 Å². The molecule has 2 atom stereocenters. The van der Waals surface area contributed by atoms with E-state index in [1.807, 2.05) is 13.0 Å². The number of amides is 1. The molecule has 1 aromatic heterocycles. The average molecular weight is 429 g/mol. The lowest BCUT2D eigenvalue weighted by atomic mass is 9.90. The molecule has 0 bridgehead atoms. The van der Waals surface area contributed by atoms with Gasteiger partial charge in [-0.1, -0.05) is 18.7 Å². The third-order valence-electron chi connectivity index (χ3n) is 5.29. The molecule has 0 radical (unpaired) electrons. The Morgan fingerprint density at radius 2 is 2.13 bits per heavy atom. The van der Waals surface area contributed by atoms with Gasteiger partial charge in [0.25, 0.3) is 0 Å². The van der Waals surface area contributed by atoms with Gasteiger partial charge in [0, 0.05) is 49.2 Å². The number of ether oxygens (including phenoxy) is 2. The van der Waals surface area contributed by atoms with Gasteiger partial charge in [-0.3, -0.25) is 4.79 Å². The first-order valence-electron chi connectivity index (χ1n) is 10.0. The van der Waals surface area contributed by atoms with Gasteiger partial charge in [0.05, 0.1) is 12.7 Å². The topological polar surface area (TPSA) is 136 Å². The number of phenolic OH excluding ortho intramolecular Hbond substituents is 1. The van der Waals surface area contributed by atoms with Crippen LogP contribution < -0.4 is 16.8 Å². The van der Waals surface area contributed by atoms with Crippen LogP contribution in [0.15, 0.2) is 36.9 Å². The van der Waals surface area contributed by atoms with Gasteiger partial charge in [0.1, 0.15) is 11.6 Å². The molecule has 8 heteroatoms. The number of anilines is 1. The molecule has 0 saturated carbocycles. The summed E-state index contributed by atoms with van der Waals surface area (Å²) >= 11 is 0. The van der Waals surface area contributed by atoms with Crippen molar-refractivity contribution in [3.05, 3.63) is 59.3 Å². The second kappa shape index (κ2) is 11.2. The number of phenols is 1. The van der Waals surface area contributed by atoms with Crippen molar-refractivity contribution < 1.29 is 19.4 Å². The molecule has 7 N–H and O–H groups in total. The maximum Gasteiger partial charge on any atom is 0.243 e. The molecule has 31 heavy (non-hydrogen) atoms. The van der Waals surface area contributed by atoms with E-state index in [1.165, 1.54) is 6.08 Å². The number of para-hydroxylation sites is 1. The molecule has 0 aliphatic carbocycles. The predicted octanol–water partition coefficient (Wildman–Crippen LogP) is 2.51. The minimum absolute atomic E-state index is 0.00200. The number of hydrogen-bond donors (Lipinski definition) is 5. The number of hydrogen-bond acceptors (Lipinski definition) is 6. The molecule has 1 saturated heterocycles. The molecule has 0 spiro atoms. The highest BCUT2D eigenvalue weighted by Crippen LogP contribution is 2.35. The second-order valence-electron chi connectivity index (χ2n) is 7.17. The SMILES string of the molecule is C=CC(=O)NC.COC1COCC[C@@H]1c1[nH]c(N)c(/C=C(\N)c2ccccc2O)c1C. The van der Waals surface area contributed by atoms with E-state index in [-0.39, 0.29) is 23.7 Å². The summed E-state index contributed by atoms with van der Waals surface area (Å²) < 4.78 is 11.1. The maximum atomic E-state index is 9.98. The molecule has 1 aliphatic rings. The number of nitrogen functional groups attached to an aromatic ring is 1. The van der Waals surface area contributed by atoms with E-state index in [0.717, 1.165) is 23.2 Å². The highest BCUT2D eigenvalue weighted by Gasteiger charge is 2.30. The number of nitrogens with two attached hydrogens (primary N) is 2. The Balaban J connectivity index is 0.000000501. The molecule has 168 valence electrons. The number of rotatable bonds is 5. The van der Waals surface area contributed by atoms with Gasteiger partial charge in [-0.25, -0.2) is 0 Å². The van der Waals surface area contributed by atoms with Crippen molar-refractivity contribution in [2.45, 2.75) is 25.4 Å². The Morgan fingerprint density at radius 3 is 2.71 bits per heavy atom. The monoisotopic (exact) mass is 428 g/mol. The van der Waals surface area contributed by atoms with E-state index in [4.69, 9.17) is 20.9 Å². The number of methoxy groups -OCH3 is 1. The lowest BCUT2D eigenvalue weighted by molar-refractivity contribution is -0.116. The number of carbonyl (C=O) groups excluding carboxylic acids is 1. The van der Waals surface area contributed by atoms with Crippen LogP contribution in [0.1, 0.15) is 34.7 Å². The highest BCUT2D eigenvalue weighted by atomic mass is 16.5. The molecule has 2 aromatic rings. The molecule has 1 amide bonds. The van der Waals surface area contributed by atoms with Crippen LogP contribution in [0.25, 0.3) is 11.8 Å². The van der Waals surface area contributed by atoms with Gasteiger partial charge >= 0.3 is 0 Å². The van der Waals surface area contributed by atoms with Crippen molar-refractivity contribution in [3.63, 3.8) is 0 Å². The summed E-state index contributed by atoms with van der Waals surface area (Å²) in [6, 6.07) is 6.98. The number of carbonyl (C=O) groups is 1. The van der Waals surface area contributed by atoms with Gasteiger partial charge in [0.15, 0.2) is 0 Å². The van der Waals surface area contributed by atoms with E-state index >= 15 is 0 Å². The number of aromatic nitrogens is 1. The predicted molar refractivity (Wildman–Crippen MR) is 123 cm³/mol. The fraction of sp³-hybridized carbons (Fsp3) is 0.348.